The first-order valence-corrected chi connectivity index (χ1v) is 9.31. The van der Waals surface area contributed by atoms with Gasteiger partial charge in [-0.25, -0.2) is 4.98 Å². The van der Waals surface area contributed by atoms with Crippen LogP contribution in [0.5, 0.6) is 0 Å². The summed E-state index contributed by atoms with van der Waals surface area (Å²) in [6, 6.07) is 5.80. The molecule has 1 aliphatic rings. The number of allylic oxidation sites excluding steroid dienone is 1. The number of halogens is 1. The van der Waals surface area contributed by atoms with Gasteiger partial charge in [-0.3, -0.25) is 0 Å². The van der Waals surface area contributed by atoms with E-state index in [0.29, 0.717) is 10.9 Å². The predicted molar refractivity (Wildman–Crippen MR) is 97.5 cm³/mol. The minimum Gasteiger partial charge on any atom is -0.330 e. The van der Waals surface area contributed by atoms with E-state index in [0.717, 1.165) is 40.1 Å². The quantitative estimate of drug-likeness (QED) is 0.489. The molecule has 0 amide bonds. The molecule has 3 aromatic rings. The maximum absolute atomic E-state index is 6.06. The van der Waals surface area contributed by atoms with Gasteiger partial charge in [0.15, 0.2) is 5.16 Å². The average Bonchev–Trinajstić information content (AvgIpc) is 3.26. The highest BCUT2D eigenvalue weighted by atomic mass is 35.5. The first-order valence-electron chi connectivity index (χ1n) is 7.95. The van der Waals surface area contributed by atoms with Crippen LogP contribution in [-0.4, -0.2) is 24.3 Å². The average molecular weight is 360 g/mol. The van der Waals surface area contributed by atoms with Gasteiger partial charge < -0.3 is 9.13 Å². The zero-order valence-electron chi connectivity index (χ0n) is 13.4. The van der Waals surface area contributed by atoms with Gasteiger partial charge >= 0.3 is 0 Å². The molecule has 0 saturated heterocycles. The van der Waals surface area contributed by atoms with Gasteiger partial charge in [0.1, 0.15) is 11.6 Å². The number of nitrogens with zero attached hydrogens (tertiary/aromatic N) is 5. The van der Waals surface area contributed by atoms with Crippen molar-refractivity contribution < 1.29 is 0 Å². The molecule has 4 rings (SSSR count). The smallest absolute Gasteiger partial charge is 0.191 e. The van der Waals surface area contributed by atoms with Crippen molar-refractivity contribution in [1.29, 1.82) is 0 Å². The summed E-state index contributed by atoms with van der Waals surface area (Å²) in [7, 11) is 2.03. The van der Waals surface area contributed by atoms with Gasteiger partial charge in [0.25, 0.3) is 0 Å². The maximum Gasteiger partial charge on any atom is 0.191 e. The van der Waals surface area contributed by atoms with E-state index in [1.165, 1.54) is 12.8 Å². The third-order valence-electron chi connectivity index (χ3n) is 4.27. The van der Waals surface area contributed by atoms with E-state index < -0.39 is 0 Å². The summed E-state index contributed by atoms with van der Waals surface area (Å²) >= 11 is 7.73. The van der Waals surface area contributed by atoms with Gasteiger partial charge in [0, 0.05) is 24.5 Å². The Hall–Kier alpha value is -1.79. The van der Waals surface area contributed by atoms with Gasteiger partial charge in [-0.2, -0.15) is 0 Å². The lowest BCUT2D eigenvalue weighted by atomic mass is 10.3. The van der Waals surface area contributed by atoms with Crippen molar-refractivity contribution in [1.82, 2.24) is 24.3 Å². The van der Waals surface area contributed by atoms with Gasteiger partial charge in [-0.1, -0.05) is 29.4 Å². The summed E-state index contributed by atoms with van der Waals surface area (Å²) in [5.41, 5.74) is 2.01. The highest BCUT2D eigenvalue weighted by Crippen LogP contribution is 2.40. The van der Waals surface area contributed by atoms with E-state index >= 15 is 0 Å². The van der Waals surface area contributed by atoms with Crippen LogP contribution in [0.2, 0.25) is 5.02 Å². The minimum absolute atomic E-state index is 0.574. The number of thioether (sulfide) groups is 1. The molecule has 1 aliphatic carbocycles. The molecule has 2 aromatic heterocycles. The van der Waals surface area contributed by atoms with Gasteiger partial charge in [-0.15, -0.1) is 16.8 Å². The van der Waals surface area contributed by atoms with Crippen molar-refractivity contribution in [2.45, 2.75) is 36.2 Å². The van der Waals surface area contributed by atoms with E-state index in [1.807, 2.05) is 31.3 Å². The number of benzene rings is 1. The fourth-order valence-electron chi connectivity index (χ4n) is 2.83. The normalized spacial score (nSPS) is 14.4. The molecule has 5 nitrogen and oxygen atoms in total. The second-order valence-corrected chi connectivity index (χ2v) is 7.40. The Bertz CT molecular complexity index is 909. The molecule has 7 heteroatoms. The third kappa shape index (κ3) is 2.84. The van der Waals surface area contributed by atoms with Crippen LogP contribution in [0.4, 0.5) is 0 Å². The molecule has 0 radical (unpaired) electrons. The summed E-state index contributed by atoms with van der Waals surface area (Å²) in [5.74, 6) is 3.40. The number of hydrogen-bond acceptors (Lipinski definition) is 4. The van der Waals surface area contributed by atoms with Gasteiger partial charge in [0.05, 0.1) is 16.8 Å². The monoisotopic (exact) mass is 359 g/mol. The van der Waals surface area contributed by atoms with E-state index in [9.17, 15) is 0 Å². The molecular weight excluding hydrogens is 342 g/mol. The van der Waals surface area contributed by atoms with Gasteiger partial charge in [-0.05, 0) is 31.0 Å². The molecule has 0 spiro atoms. The molecule has 0 bridgehead atoms. The Morgan fingerprint density at radius 2 is 2.21 bits per heavy atom. The maximum atomic E-state index is 6.06. The summed E-state index contributed by atoms with van der Waals surface area (Å²) in [4.78, 5) is 4.70. The fourth-order valence-corrected chi connectivity index (χ4v) is 3.94. The van der Waals surface area contributed by atoms with E-state index in [-0.39, 0.29) is 0 Å². The van der Waals surface area contributed by atoms with Crippen molar-refractivity contribution in [3.05, 3.63) is 47.5 Å². The summed E-state index contributed by atoms with van der Waals surface area (Å²) in [6.07, 6.45) is 4.33. The highest BCUT2D eigenvalue weighted by Gasteiger charge is 2.30. The lowest BCUT2D eigenvalue weighted by molar-refractivity contribution is 0.681. The summed E-state index contributed by atoms with van der Waals surface area (Å²) in [5, 5.41) is 10.4. The highest BCUT2D eigenvalue weighted by molar-refractivity contribution is 7.98. The van der Waals surface area contributed by atoms with Crippen LogP contribution in [0, 0.1) is 0 Å². The standard InChI is InChI=1S/C17H18ClN5S/c1-3-8-23-16(11-4-5-11)20-21-17(23)24-10-15-19-13-9-12(18)6-7-14(13)22(15)2/h3,6-7,9,11H,1,4-5,8,10H2,2H3. The van der Waals surface area contributed by atoms with E-state index in [1.54, 1.807) is 11.8 Å². The summed E-state index contributed by atoms with van der Waals surface area (Å²) in [6.45, 7) is 4.60. The Labute approximate surface area is 149 Å². The molecule has 2 heterocycles. The van der Waals surface area contributed by atoms with Crippen LogP contribution in [-0.2, 0) is 19.3 Å². The topological polar surface area (TPSA) is 48.5 Å². The Morgan fingerprint density at radius 3 is 2.96 bits per heavy atom. The molecule has 1 saturated carbocycles. The van der Waals surface area contributed by atoms with Crippen molar-refractivity contribution in [2.24, 2.45) is 7.05 Å². The van der Waals surface area contributed by atoms with Gasteiger partial charge in [0.2, 0.25) is 0 Å². The third-order valence-corrected chi connectivity index (χ3v) is 5.46. The number of fused-ring (bicyclic) bond motifs is 1. The van der Waals surface area contributed by atoms with Crippen LogP contribution < -0.4 is 0 Å². The molecular formula is C17H18ClN5S. The Morgan fingerprint density at radius 1 is 1.38 bits per heavy atom. The Balaban J connectivity index is 1.59. The second kappa shape index (κ2) is 6.26. The Kier molecular flexibility index (Phi) is 4.10. The molecule has 0 unspecified atom stereocenters. The molecule has 124 valence electrons. The van der Waals surface area contributed by atoms with Crippen LogP contribution in [0.1, 0.15) is 30.4 Å². The van der Waals surface area contributed by atoms with Crippen LogP contribution in [0.15, 0.2) is 36.0 Å². The van der Waals surface area contributed by atoms with Crippen LogP contribution >= 0.6 is 23.4 Å². The second-order valence-electron chi connectivity index (χ2n) is 6.02. The zero-order valence-corrected chi connectivity index (χ0v) is 15.0. The van der Waals surface area contributed by atoms with Crippen LogP contribution in [0.25, 0.3) is 11.0 Å². The van der Waals surface area contributed by atoms with Crippen LogP contribution in [0.3, 0.4) is 0 Å². The largest absolute Gasteiger partial charge is 0.330 e. The molecule has 0 aliphatic heterocycles. The van der Waals surface area contributed by atoms with Crippen molar-refractivity contribution in [2.75, 3.05) is 0 Å². The van der Waals surface area contributed by atoms with Crippen molar-refractivity contribution in [3.8, 4) is 0 Å². The molecule has 0 N–H and O–H groups in total. The number of aromatic nitrogens is 5. The lowest BCUT2D eigenvalue weighted by Crippen LogP contribution is -2.03. The molecule has 1 fully saturated rings. The summed E-state index contributed by atoms with van der Waals surface area (Å²) < 4.78 is 4.28. The number of hydrogen-bond donors (Lipinski definition) is 0. The number of imidazole rings is 1. The number of rotatable bonds is 6. The van der Waals surface area contributed by atoms with Crippen molar-refractivity contribution in [3.63, 3.8) is 0 Å². The predicted octanol–water partition coefficient (Wildman–Crippen LogP) is 4.17. The van der Waals surface area contributed by atoms with E-state index in [2.05, 4.69) is 25.9 Å². The molecule has 24 heavy (non-hydrogen) atoms. The molecule has 1 aromatic carbocycles. The minimum atomic E-state index is 0.574. The van der Waals surface area contributed by atoms with E-state index in [4.69, 9.17) is 16.6 Å². The molecule has 0 atom stereocenters. The van der Waals surface area contributed by atoms with Crippen molar-refractivity contribution >= 4 is 34.4 Å². The zero-order chi connectivity index (χ0) is 16.7. The first-order chi connectivity index (χ1) is 11.7. The first kappa shape index (κ1) is 15.7. The SMILES string of the molecule is C=CCn1c(SCc2nc3cc(Cl)ccc3n2C)nnc1C1CC1. The fraction of sp³-hybridized carbons (Fsp3) is 0.353. The lowest BCUT2D eigenvalue weighted by Gasteiger charge is -2.07. The number of aryl methyl sites for hydroxylation is 1.